The largest absolute Gasteiger partial charge is 0.348 e. The van der Waals surface area contributed by atoms with Gasteiger partial charge in [-0.25, -0.2) is 0 Å². The van der Waals surface area contributed by atoms with Gasteiger partial charge < -0.3 is 15.1 Å². The number of rotatable bonds is 6. The second-order valence-corrected chi connectivity index (χ2v) is 10.2. The van der Waals surface area contributed by atoms with Crippen molar-refractivity contribution < 1.29 is 14.4 Å². The summed E-state index contributed by atoms with van der Waals surface area (Å²) >= 11 is 3.43. The lowest BCUT2D eigenvalue weighted by molar-refractivity contribution is -0.143. The average Bonchev–Trinajstić information content (AvgIpc) is 3.40. The van der Waals surface area contributed by atoms with Crippen LogP contribution in [0.1, 0.15) is 61.1 Å². The molecule has 4 rings (SSSR count). The molecule has 2 aromatic rings. The van der Waals surface area contributed by atoms with Gasteiger partial charge in [0.15, 0.2) is 0 Å². The highest BCUT2D eigenvalue weighted by Crippen LogP contribution is 2.30. The van der Waals surface area contributed by atoms with Crippen LogP contribution in [0.5, 0.6) is 0 Å². The molecule has 2 heterocycles. The van der Waals surface area contributed by atoms with Crippen LogP contribution in [0.15, 0.2) is 53.0 Å². The molecule has 1 fully saturated rings. The van der Waals surface area contributed by atoms with Gasteiger partial charge in [0.05, 0.1) is 6.04 Å². The molecule has 3 atom stereocenters. The summed E-state index contributed by atoms with van der Waals surface area (Å²) in [6, 6.07) is 14.1. The Balaban J connectivity index is 1.49. The number of fused-ring (bicyclic) bond motifs is 1. The van der Waals surface area contributed by atoms with Crippen molar-refractivity contribution in [3.63, 3.8) is 0 Å². The average molecular weight is 512 g/mol. The number of likely N-dealkylation sites (tertiary alicyclic amines) is 1. The summed E-state index contributed by atoms with van der Waals surface area (Å²) in [5, 5.41) is 3.07. The Kier molecular flexibility index (Phi) is 6.88. The molecule has 6 nitrogen and oxygen atoms in total. The first kappa shape index (κ1) is 23.5. The van der Waals surface area contributed by atoms with E-state index in [-0.39, 0.29) is 29.7 Å². The van der Waals surface area contributed by atoms with E-state index < -0.39 is 12.1 Å². The lowest BCUT2D eigenvalue weighted by atomic mass is 10.00. The third-order valence-electron chi connectivity index (χ3n) is 6.64. The SMILES string of the molecule is CC(C)C(C(=O)N1CCC[C@H]1C(=O)N[C@@H](C)c1ccc(Br)cc1)N1Cc2ccccc2C1=O. The fourth-order valence-electron chi connectivity index (χ4n) is 4.90. The number of nitrogens with one attached hydrogen (secondary N) is 1. The summed E-state index contributed by atoms with van der Waals surface area (Å²) < 4.78 is 0.982. The minimum absolute atomic E-state index is 0.0678. The molecular formula is C26H30BrN3O3. The molecule has 33 heavy (non-hydrogen) atoms. The minimum atomic E-state index is -0.595. The second kappa shape index (κ2) is 9.67. The lowest BCUT2D eigenvalue weighted by Gasteiger charge is -2.35. The van der Waals surface area contributed by atoms with Crippen molar-refractivity contribution >= 4 is 33.7 Å². The highest BCUT2D eigenvalue weighted by Gasteiger charge is 2.43. The zero-order valence-corrected chi connectivity index (χ0v) is 20.8. The Labute approximate surface area is 203 Å². The van der Waals surface area contributed by atoms with E-state index in [1.54, 1.807) is 9.80 Å². The Morgan fingerprint density at radius 1 is 1.06 bits per heavy atom. The molecule has 2 aromatic carbocycles. The van der Waals surface area contributed by atoms with E-state index in [4.69, 9.17) is 0 Å². The van der Waals surface area contributed by atoms with E-state index in [1.807, 2.05) is 69.3 Å². The van der Waals surface area contributed by atoms with Gasteiger partial charge in [0.2, 0.25) is 11.8 Å². The Morgan fingerprint density at radius 3 is 2.42 bits per heavy atom. The number of amides is 3. The van der Waals surface area contributed by atoms with Gasteiger partial charge in [0, 0.05) is 23.1 Å². The van der Waals surface area contributed by atoms with Crippen LogP contribution in [0.3, 0.4) is 0 Å². The van der Waals surface area contributed by atoms with Gasteiger partial charge >= 0.3 is 0 Å². The van der Waals surface area contributed by atoms with Crippen molar-refractivity contribution in [1.29, 1.82) is 0 Å². The van der Waals surface area contributed by atoms with Gasteiger partial charge in [-0.1, -0.05) is 60.1 Å². The summed E-state index contributed by atoms with van der Waals surface area (Å²) in [5.41, 5.74) is 2.61. The standard InChI is InChI=1S/C26H30BrN3O3/c1-16(2)23(30-15-19-7-4-5-8-21(19)25(30)32)26(33)29-14-6-9-22(29)24(31)28-17(3)18-10-12-20(27)13-11-18/h4-5,7-8,10-13,16-17,22-23H,6,9,14-15H2,1-3H3,(H,28,31)/t17-,22-,23?/m0/s1. The molecule has 0 bridgehead atoms. The van der Waals surface area contributed by atoms with Gasteiger partial charge in [-0.2, -0.15) is 0 Å². The van der Waals surface area contributed by atoms with Crippen LogP contribution in [0.2, 0.25) is 0 Å². The molecule has 2 aliphatic rings. The van der Waals surface area contributed by atoms with Crippen LogP contribution in [-0.2, 0) is 16.1 Å². The minimum Gasteiger partial charge on any atom is -0.348 e. The first-order chi connectivity index (χ1) is 15.8. The molecule has 0 saturated carbocycles. The number of benzene rings is 2. The van der Waals surface area contributed by atoms with Crippen LogP contribution in [-0.4, -0.2) is 46.1 Å². The summed E-state index contributed by atoms with van der Waals surface area (Å²) in [4.78, 5) is 43.3. The monoisotopic (exact) mass is 511 g/mol. The first-order valence-corrected chi connectivity index (χ1v) is 12.3. The molecule has 1 N–H and O–H groups in total. The number of nitrogens with zero attached hydrogens (tertiary/aromatic N) is 2. The van der Waals surface area contributed by atoms with Crippen molar-refractivity contribution in [3.05, 3.63) is 69.7 Å². The van der Waals surface area contributed by atoms with E-state index in [0.29, 0.717) is 25.1 Å². The van der Waals surface area contributed by atoms with E-state index in [1.165, 1.54) is 0 Å². The number of halogens is 1. The Hall–Kier alpha value is -2.67. The molecule has 7 heteroatoms. The van der Waals surface area contributed by atoms with Crippen LogP contribution in [0, 0.1) is 5.92 Å². The maximum absolute atomic E-state index is 13.7. The highest BCUT2D eigenvalue weighted by atomic mass is 79.9. The highest BCUT2D eigenvalue weighted by molar-refractivity contribution is 9.10. The van der Waals surface area contributed by atoms with Gasteiger partial charge in [0.1, 0.15) is 12.1 Å². The second-order valence-electron chi connectivity index (χ2n) is 9.25. The number of hydrogen-bond donors (Lipinski definition) is 1. The molecule has 3 amide bonds. The molecule has 0 spiro atoms. The van der Waals surface area contributed by atoms with E-state index in [0.717, 1.165) is 22.0 Å². The zero-order valence-electron chi connectivity index (χ0n) is 19.3. The molecular weight excluding hydrogens is 482 g/mol. The van der Waals surface area contributed by atoms with E-state index in [9.17, 15) is 14.4 Å². The summed E-state index contributed by atoms with van der Waals surface area (Å²) in [7, 11) is 0. The van der Waals surface area contributed by atoms with Crippen LogP contribution >= 0.6 is 15.9 Å². The van der Waals surface area contributed by atoms with Crippen molar-refractivity contribution in [2.75, 3.05) is 6.54 Å². The summed E-state index contributed by atoms with van der Waals surface area (Å²) in [5.74, 6) is -0.460. The number of carbonyl (C=O) groups excluding carboxylic acids is 3. The summed E-state index contributed by atoms with van der Waals surface area (Å²) in [6.07, 6.45) is 1.40. The van der Waals surface area contributed by atoms with Gasteiger partial charge in [-0.3, -0.25) is 14.4 Å². The number of hydrogen-bond acceptors (Lipinski definition) is 3. The predicted octanol–water partition coefficient (Wildman–Crippen LogP) is 4.30. The molecule has 2 aliphatic heterocycles. The van der Waals surface area contributed by atoms with Crippen molar-refractivity contribution in [1.82, 2.24) is 15.1 Å². The zero-order chi connectivity index (χ0) is 23.7. The molecule has 174 valence electrons. The fourth-order valence-corrected chi connectivity index (χ4v) is 5.16. The lowest BCUT2D eigenvalue weighted by Crippen LogP contribution is -2.55. The predicted molar refractivity (Wildman–Crippen MR) is 130 cm³/mol. The fraction of sp³-hybridized carbons (Fsp3) is 0.423. The van der Waals surface area contributed by atoms with Gasteiger partial charge in [0.25, 0.3) is 5.91 Å². The normalized spacial score (nSPS) is 19.5. The van der Waals surface area contributed by atoms with E-state index in [2.05, 4.69) is 21.2 Å². The molecule has 0 aromatic heterocycles. The van der Waals surface area contributed by atoms with Crippen LogP contribution in [0.4, 0.5) is 0 Å². The molecule has 1 saturated heterocycles. The van der Waals surface area contributed by atoms with Crippen molar-refractivity contribution in [2.45, 2.75) is 58.3 Å². The maximum Gasteiger partial charge on any atom is 0.255 e. The van der Waals surface area contributed by atoms with Gasteiger partial charge in [-0.15, -0.1) is 0 Å². The molecule has 0 aliphatic carbocycles. The maximum atomic E-state index is 13.7. The third kappa shape index (κ3) is 4.69. The Morgan fingerprint density at radius 2 is 1.76 bits per heavy atom. The topological polar surface area (TPSA) is 69.7 Å². The van der Waals surface area contributed by atoms with Crippen LogP contribution in [0.25, 0.3) is 0 Å². The Bertz CT molecular complexity index is 1050. The van der Waals surface area contributed by atoms with Crippen molar-refractivity contribution in [3.8, 4) is 0 Å². The van der Waals surface area contributed by atoms with Crippen molar-refractivity contribution in [2.24, 2.45) is 5.92 Å². The molecule has 0 radical (unpaired) electrons. The third-order valence-corrected chi connectivity index (χ3v) is 7.17. The quantitative estimate of drug-likeness (QED) is 0.628. The molecule has 1 unspecified atom stereocenters. The van der Waals surface area contributed by atoms with E-state index >= 15 is 0 Å². The smallest absolute Gasteiger partial charge is 0.255 e. The van der Waals surface area contributed by atoms with Crippen LogP contribution < -0.4 is 5.32 Å². The first-order valence-electron chi connectivity index (χ1n) is 11.5. The van der Waals surface area contributed by atoms with Gasteiger partial charge in [-0.05, 0) is 55.0 Å². The number of carbonyl (C=O) groups is 3. The summed E-state index contributed by atoms with van der Waals surface area (Å²) in [6.45, 7) is 6.81.